The van der Waals surface area contributed by atoms with E-state index in [4.69, 9.17) is 4.74 Å². The van der Waals surface area contributed by atoms with Crippen LogP contribution in [0.4, 0.5) is 9.18 Å². The van der Waals surface area contributed by atoms with E-state index in [2.05, 4.69) is 10.3 Å². The monoisotopic (exact) mass is 333 g/mol. The molecule has 1 aliphatic rings. The average molecular weight is 333 g/mol. The van der Waals surface area contributed by atoms with Crippen molar-refractivity contribution in [2.75, 3.05) is 19.7 Å². The predicted molar refractivity (Wildman–Crippen MR) is 87.3 cm³/mol. The number of hydrogen-bond acceptors (Lipinski definition) is 3. The van der Waals surface area contributed by atoms with E-state index >= 15 is 0 Å². The van der Waals surface area contributed by atoms with Gasteiger partial charge in [0.05, 0.1) is 6.61 Å². The summed E-state index contributed by atoms with van der Waals surface area (Å²) in [5.74, 6) is -0.620. The molecule has 2 N–H and O–H groups in total. The third kappa shape index (κ3) is 3.34. The van der Waals surface area contributed by atoms with Crippen molar-refractivity contribution in [3.8, 4) is 0 Å². The number of rotatable bonds is 3. The van der Waals surface area contributed by atoms with E-state index in [0.717, 1.165) is 0 Å². The van der Waals surface area contributed by atoms with Crippen molar-refractivity contribution in [2.24, 2.45) is 0 Å². The molecule has 1 aromatic heterocycles. The van der Waals surface area contributed by atoms with Crippen molar-refractivity contribution in [3.05, 3.63) is 35.8 Å². The molecule has 6 nitrogen and oxygen atoms in total. The number of carbonyl (C=O) groups excluding carboxylic acids is 2. The number of ether oxygens (including phenoxy) is 1. The van der Waals surface area contributed by atoms with Crippen molar-refractivity contribution in [1.29, 1.82) is 0 Å². The van der Waals surface area contributed by atoms with Gasteiger partial charge in [0.25, 0.3) is 5.91 Å². The molecule has 2 aromatic rings. The molecule has 7 heteroatoms. The van der Waals surface area contributed by atoms with Gasteiger partial charge in [0, 0.05) is 30.0 Å². The fourth-order valence-electron chi connectivity index (χ4n) is 2.92. The molecule has 1 fully saturated rings. The molecule has 128 valence electrons. The number of likely N-dealkylation sites (tertiary alicyclic amines) is 1. The number of carbonyl (C=O) groups is 2. The Morgan fingerprint density at radius 2 is 2.12 bits per heavy atom. The van der Waals surface area contributed by atoms with Crippen LogP contribution in [0.5, 0.6) is 0 Å². The lowest BCUT2D eigenvalue weighted by Crippen LogP contribution is -2.46. The number of hydrogen-bond donors (Lipinski definition) is 2. The van der Waals surface area contributed by atoms with E-state index < -0.39 is 0 Å². The number of fused-ring (bicyclic) bond motifs is 1. The van der Waals surface area contributed by atoms with E-state index in [-0.39, 0.29) is 23.9 Å². The van der Waals surface area contributed by atoms with Gasteiger partial charge in [0.2, 0.25) is 0 Å². The molecule has 0 aliphatic carbocycles. The van der Waals surface area contributed by atoms with Crippen LogP contribution in [0.3, 0.4) is 0 Å². The highest BCUT2D eigenvalue weighted by molar-refractivity contribution is 5.98. The van der Waals surface area contributed by atoms with Gasteiger partial charge in [0.1, 0.15) is 11.5 Å². The van der Waals surface area contributed by atoms with E-state index in [1.807, 2.05) is 0 Å². The molecule has 0 atom stereocenters. The molecule has 3 rings (SSSR count). The fourth-order valence-corrected chi connectivity index (χ4v) is 2.92. The standard InChI is InChI=1S/C17H20FN3O3/c1-2-24-17(23)21-8-6-11(7-9-21)19-16(22)15-10-12-13(18)4-3-5-14(12)20-15/h3-5,10-11,20H,2,6-9H2,1H3,(H,19,22). The lowest BCUT2D eigenvalue weighted by Gasteiger charge is -2.31. The second-order valence-electron chi connectivity index (χ2n) is 5.82. The quantitative estimate of drug-likeness (QED) is 0.907. The lowest BCUT2D eigenvalue weighted by atomic mass is 10.1. The summed E-state index contributed by atoms with van der Waals surface area (Å²) in [6.07, 6.45) is 1.02. The Morgan fingerprint density at radius 1 is 1.38 bits per heavy atom. The van der Waals surface area contributed by atoms with Crippen molar-refractivity contribution >= 4 is 22.9 Å². The summed E-state index contributed by atoms with van der Waals surface area (Å²) in [6, 6.07) is 6.20. The first-order valence-electron chi connectivity index (χ1n) is 8.08. The van der Waals surface area contributed by atoms with Gasteiger partial charge in [-0.1, -0.05) is 6.07 Å². The molecule has 1 aliphatic heterocycles. The molecule has 24 heavy (non-hydrogen) atoms. The summed E-state index contributed by atoms with van der Waals surface area (Å²) in [5, 5.41) is 3.34. The molecule has 0 bridgehead atoms. The molecular weight excluding hydrogens is 313 g/mol. The highest BCUT2D eigenvalue weighted by Crippen LogP contribution is 2.19. The van der Waals surface area contributed by atoms with Crippen LogP contribution in [-0.4, -0.2) is 47.6 Å². The SMILES string of the molecule is CCOC(=O)N1CCC(NC(=O)c2cc3c(F)cccc3[nH]2)CC1. The lowest BCUT2D eigenvalue weighted by molar-refractivity contribution is 0.0857. The van der Waals surface area contributed by atoms with E-state index in [0.29, 0.717) is 49.1 Å². The van der Waals surface area contributed by atoms with E-state index in [1.165, 1.54) is 12.1 Å². The van der Waals surface area contributed by atoms with Crippen LogP contribution < -0.4 is 5.32 Å². The highest BCUT2D eigenvalue weighted by atomic mass is 19.1. The largest absolute Gasteiger partial charge is 0.450 e. The Kier molecular flexibility index (Phi) is 4.69. The zero-order valence-electron chi connectivity index (χ0n) is 13.5. The maximum Gasteiger partial charge on any atom is 0.409 e. The fraction of sp³-hybridized carbons (Fsp3) is 0.412. The third-order valence-electron chi connectivity index (χ3n) is 4.21. The zero-order valence-corrected chi connectivity index (χ0v) is 13.5. The van der Waals surface area contributed by atoms with Crippen LogP contribution in [0, 0.1) is 5.82 Å². The highest BCUT2D eigenvalue weighted by Gasteiger charge is 2.25. The Hall–Kier alpha value is -2.57. The second kappa shape index (κ2) is 6.90. The molecular formula is C17H20FN3O3. The molecule has 0 radical (unpaired) electrons. The summed E-state index contributed by atoms with van der Waals surface area (Å²) < 4.78 is 18.7. The first kappa shape index (κ1) is 16.3. The summed E-state index contributed by atoms with van der Waals surface area (Å²) in [5.41, 5.74) is 0.931. The molecule has 0 saturated carbocycles. The Bertz CT molecular complexity index is 751. The van der Waals surface area contributed by atoms with Crippen molar-refractivity contribution in [3.63, 3.8) is 0 Å². The molecule has 0 spiro atoms. The minimum atomic E-state index is -0.356. The third-order valence-corrected chi connectivity index (χ3v) is 4.21. The van der Waals surface area contributed by atoms with Crippen molar-refractivity contribution in [1.82, 2.24) is 15.2 Å². The Labute approximate surface area is 139 Å². The van der Waals surface area contributed by atoms with E-state index in [1.54, 1.807) is 24.0 Å². The van der Waals surface area contributed by atoms with Gasteiger partial charge in [-0.15, -0.1) is 0 Å². The van der Waals surface area contributed by atoms with Crippen LogP contribution in [0.2, 0.25) is 0 Å². The number of amides is 2. The number of piperidine rings is 1. The minimum Gasteiger partial charge on any atom is -0.450 e. The van der Waals surface area contributed by atoms with Gasteiger partial charge in [-0.05, 0) is 38.0 Å². The van der Waals surface area contributed by atoms with Gasteiger partial charge in [0.15, 0.2) is 0 Å². The molecule has 2 amide bonds. The maximum absolute atomic E-state index is 13.7. The second-order valence-corrected chi connectivity index (χ2v) is 5.82. The van der Waals surface area contributed by atoms with Crippen LogP contribution >= 0.6 is 0 Å². The van der Waals surface area contributed by atoms with Gasteiger partial charge >= 0.3 is 6.09 Å². The van der Waals surface area contributed by atoms with Gasteiger partial charge < -0.3 is 19.9 Å². The maximum atomic E-state index is 13.7. The number of H-pyrrole nitrogens is 1. The Balaban J connectivity index is 1.59. The molecule has 0 unspecified atom stereocenters. The zero-order chi connectivity index (χ0) is 17.1. The first-order valence-corrected chi connectivity index (χ1v) is 8.08. The van der Waals surface area contributed by atoms with E-state index in [9.17, 15) is 14.0 Å². The van der Waals surface area contributed by atoms with Gasteiger partial charge in [-0.3, -0.25) is 4.79 Å². The number of halogens is 1. The molecule has 1 saturated heterocycles. The van der Waals surface area contributed by atoms with Crippen LogP contribution in [0.25, 0.3) is 10.9 Å². The number of aromatic amines is 1. The number of benzene rings is 1. The molecule has 1 aromatic carbocycles. The van der Waals surface area contributed by atoms with Crippen LogP contribution in [-0.2, 0) is 4.74 Å². The Morgan fingerprint density at radius 3 is 2.79 bits per heavy atom. The summed E-state index contributed by atoms with van der Waals surface area (Å²) >= 11 is 0. The van der Waals surface area contributed by atoms with Crippen molar-refractivity contribution in [2.45, 2.75) is 25.8 Å². The topological polar surface area (TPSA) is 74.4 Å². The number of nitrogens with one attached hydrogen (secondary N) is 2. The summed E-state index contributed by atoms with van der Waals surface area (Å²) in [6.45, 7) is 3.22. The predicted octanol–water partition coefficient (Wildman–Crippen LogP) is 2.66. The average Bonchev–Trinajstić information content (AvgIpc) is 3.01. The van der Waals surface area contributed by atoms with Crippen molar-refractivity contribution < 1.29 is 18.7 Å². The van der Waals surface area contributed by atoms with Crippen LogP contribution in [0.15, 0.2) is 24.3 Å². The minimum absolute atomic E-state index is 0.0144. The number of aromatic nitrogens is 1. The first-order chi connectivity index (χ1) is 11.6. The summed E-state index contributed by atoms with van der Waals surface area (Å²) in [4.78, 5) is 28.6. The van der Waals surface area contributed by atoms with Crippen LogP contribution in [0.1, 0.15) is 30.3 Å². The number of nitrogens with zero attached hydrogens (tertiary/aromatic N) is 1. The van der Waals surface area contributed by atoms with Gasteiger partial charge in [-0.2, -0.15) is 0 Å². The molecule has 2 heterocycles. The smallest absolute Gasteiger partial charge is 0.409 e. The summed E-state index contributed by atoms with van der Waals surface area (Å²) in [7, 11) is 0. The van der Waals surface area contributed by atoms with Gasteiger partial charge in [-0.25, -0.2) is 9.18 Å². The normalized spacial score (nSPS) is 15.5.